The van der Waals surface area contributed by atoms with Crippen LogP contribution in [0.3, 0.4) is 0 Å². The molecular formula is C16H24N2O2. The summed E-state index contributed by atoms with van der Waals surface area (Å²) in [6, 6.07) is 7.36. The molecule has 0 bridgehead atoms. The molecule has 1 aromatic rings. The summed E-state index contributed by atoms with van der Waals surface area (Å²) in [5.41, 5.74) is 1.14. The third kappa shape index (κ3) is 3.01. The van der Waals surface area contributed by atoms with E-state index in [4.69, 9.17) is 9.47 Å². The van der Waals surface area contributed by atoms with E-state index in [9.17, 15) is 0 Å². The second-order valence-electron chi connectivity index (χ2n) is 5.91. The molecule has 2 heterocycles. The van der Waals surface area contributed by atoms with E-state index < -0.39 is 0 Å². The molecule has 20 heavy (non-hydrogen) atoms. The Balaban J connectivity index is 1.59. The minimum absolute atomic E-state index is 0.563. The van der Waals surface area contributed by atoms with E-state index in [1.54, 1.807) is 0 Å². The number of hydrogen-bond acceptors (Lipinski definition) is 4. The quantitative estimate of drug-likeness (QED) is 0.920. The zero-order valence-electron chi connectivity index (χ0n) is 12.4. The molecule has 0 aliphatic carbocycles. The van der Waals surface area contributed by atoms with Crippen molar-refractivity contribution in [3.05, 3.63) is 18.2 Å². The molecule has 0 aromatic heterocycles. The van der Waals surface area contributed by atoms with Crippen LogP contribution in [-0.4, -0.2) is 43.3 Å². The molecule has 0 spiro atoms. The van der Waals surface area contributed by atoms with Crippen LogP contribution in [-0.2, 0) is 0 Å². The van der Waals surface area contributed by atoms with Gasteiger partial charge in [0.2, 0.25) is 0 Å². The first-order chi connectivity index (χ1) is 9.72. The molecule has 3 rings (SSSR count). The Bertz CT molecular complexity index is 454. The Labute approximate surface area is 121 Å². The lowest BCUT2D eigenvalue weighted by Crippen LogP contribution is -2.42. The number of hydrogen-bond donors (Lipinski definition) is 1. The van der Waals surface area contributed by atoms with Crippen LogP contribution in [0, 0.1) is 0 Å². The van der Waals surface area contributed by atoms with Crippen LogP contribution >= 0.6 is 0 Å². The third-order valence-electron chi connectivity index (χ3n) is 4.17. The van der Waals surface area contributed by atoms with Gasteiger partial charge in [-0.25, -0.2) is 0 Å². The zero-order valence-corrected chi connectivity index (χ0v) is 12.4. The number of rotatable bonds is 3. The van der Waals surface area contributed by atoms with Crippen molar-refractivity contribution >= 4 is 5.69 Å². The maximum atomic E-state index is 5.63. The molecule has 0 unspecified atom stereocenters. The second-order valence-corrected chi connectivity index (χ2v) is 5.91. The van der Waals surface area contributed by atoms with Crippen LogP contribution in [0.15, 0.2) is 18.2 Å². The molecule has 2 aliphatic heterocycles. The Morgan fingerprint density at radius 2 is 1.80 bits per heavy atom. The minimum atomic E-state index is 0.563. The zero-order chi connectivity index (χ0) is 13.9. The number of nitrogens with zero attached hydrogens (tertiary/aromatic N) is 1. The fraction of sp³-hybridized carbons (Fsp3) is 0.625. The first kappa shape index (κ1) is 13.6. The molecule has 0 saturated carbocycles. The van der Waals surface area contributed by atoms with Crippen LogP contribution in [0.2, 0.25) is 0 Å². The van der Waals surface area contributed by atoms with Crippen molar-refractivity contribution in [1.82, 2.24) is 4.90 Å². The maximum absolute atomic E-state index is 5.63. The predicted octanol–water partition coefficient (Wildman–Crippen LogP) is 2.74. The van der Waals surface area contributed by atoms with E-state index in [0.717, 1.165) is 17.2 Å². The lowest BCUT2D eigenvalue weighted by Gasteiger charge is -2.35. The van der Waals surface area contributed by atoms with E-state index in [2.05, 4.69) is 36.2 Å². The SMILES string of the molecule is CC(C)N1CCC(Nc2ccc3c(c2)OCCO3)CC1. The second kappa shape index (κ2) is 5.92. The van der Waals surface area contributed by atoms with E-state index in [-0.39, 0.29) is 0 Å². The molecule has 0 atom stereocenters. The summed E-state index contributed by atoms with van der Waals surface area (Å²) in [5, 5.41) is 3.63. The molecule has 1 aromatic carbocycles. The molecule has 4 heteroatoms. The highest BCUT2D eigenvalue weighted by molar-refractivity contribution is 5.55. The molecule has 0 radical (unpaired) electrons. The summed E-state index contributed by atoms with van der Waals surface area (Å²) in [7, 11) is 0. The summed E-state index contributed by atoms with van der Waals surface area (Å²) in [6.45, 7) is 8.19. The lowest BCUT2D eigenvalue weighted by atomic mass is 10.0. The smallest absolute Gasteiger partial charge is 0.163 e. The van der Waals surface area contributed by atoms with Crippen LogP contribution in [0.25, 0.3) is 0 Å². The molecule has 0 amide bonds. The molecule has 110 valence electrons. The first-order valence-electron chi connectivity index (χ1n) is 7.62. The van der Waals surface area contributed by atoms with E-state index >= 15 is 0 Å². The Hall–Kier alpha value is -1.42. The van der Waals surface area contributed by atoms with Crippen molar-refractivity contribution in [2.75, 3.05) is 31.6 Å². The summed E-state index contributed by atoms with van der Waals surface area (Å²) >= 11 is 0. The van der Waals surface area contributed by atoms with E-state index in [1.165, 1.54) is 25.9 Å². The molecule has 1 saturated heterocycles. The van der Waals surface area contributed by atoms with Crippen molar-refractivity contribution < 1.29 is 9.47 Å². The van der Waals surface area contributed by atoms with Gasteiger partial charge in [-0.3, -0.25) is 0 Å². The Morgan fingerprint density at radius 3 is 2.50 bits per heavy atom. The summed E-state index contributed by atoms with van der Waals surface area (Å²) in [5.74, 6) is 1.72. The first-order valence-corrected chi connectivity index (χ1v) is 7.62. The van der Waals surface area contributed by atoms with E-state index in [1.807, 2.05) is 6.07 Å². The monoisotopic (exact) mass is 276 g/mol. The third-order valence-corrected chi connectivity index (χ3v) is 4.17. The van der Waals surface area contributed by atoms with Gasteiger partial charge in [0.25, 0.3) is 0 Å². The fourth-order valence-electron chi connectivity index (χ4n) is 2.93. The summed E-state index contributed by atoms with van der Waals surface area (Å²) in [4.78, 5) is 2.54. The van der Waals surface area contributed by atoms with Gasteiger partial charge in [0, 0.05) is 36.9 Å². The van der Waals surface area contributed by atoms with Gasteiger partial charge in [-0.15, -0.1) is 0 Å². The van der Waals surface area contributed by atoms with Gasteiger partial charge in [0.15, 0.2) is 11.5 Å². The molecule has 4 nitrogen and oxygen atoms in total. The fourth-order valence-corrected chi connectivity index (χ4v) is 2.93. The number of fused-ring (bicyclic) bond motifs is 1. The normalized spacial score (nSPS) is 20.1. The number of piperidine rings is 1. The average Bonchev–Trinajstić information content (AvgIpc) is 2.48. The van der Waals surface area contributed by atoms with Gasteiger partial charge in [-0.05, 0) is 38.8 Å². The summed E-state index contributed by atoms with van der Waals surface area (Å²) < 4.78 is 11.2. The molecule has 2 aliphatic rings. The van der Waals surface area contributed by atoms with Gasteiger partial charge in [0.1, 0.15) is 13.2 Å². The standard InChI is InChI=1S/C16H24N2O2/c1-12(2)18-7-5-13(6-8-18)17-14-3-4-15-16(11-14)20-10-9-19-15/h3-4,11-13,17H,5-10H2,1-2H3. The Morgan fingerprint density at radius 1 is 1.10 bits per heavy atom. The van der Waals surface area contributed by atoms with Crippen molar-refractivity contribution in [3.8, 4) is 11.5 Å². The van der Waals surface area contributed by atoms with Gasteiger partial charge in [0.05, 0.1) is 0 Å². The number of likely N-dealkylation sites (tertiary alicyclic amines) is 1. The van der Waals surface area contributed by atoms with Crippen LogP contribution < -0.4 is 14.8 Å². The van der Waals surface area contributed by atoms with Gasteiger partial charge >= 0.3 is 0 Å². The lowest BCUT2D eigenvalue weighted by molar-refractivity contribution is 0.171. The topological polar surface area (TPSA) is 33.7 Å². The number of anilines is 1. The van der Waals surface area contributed by atoms with Crippen LogP contribution in [0.5, 0.6) is 11.5 Å². The van der Waals surface area contributed by atoms with Gasteiger partial charge < -0.3 is 19.7 Å². The van der Waals surface area contributed by atoms with Gasteiger partial charge in [-0.2, -0.15) is 0 Å². The highest BCUT2D eigenvalue weighted by atomic mass is 16.6. The Kier molecular flexibility index (Phi) is 4.01. The molecule has 1 N–H and O–H groups in total. The van der Waals surface area contributed by atoms with Crippen molar-refractivity contribution in [2.45, 2.75) is 38.8 Å². The highest BCUT2D eigenvalue weighted by Gasteiger charge is 2.21. The largest absolute Gasteiger partial charge is 0.486 e. The number of ether oxygens (including phenoxy) is 2. The molecule has 1 fully saturated rings. The maximum Gasteiger partial charge on any atom is 0.163 e. The van der Waals surface area contributed by atoms with Crippen molar-refractivity contribution in [3.63, 3.8) is 0 Å². The predicted molar refractivity (Wildman–Crippen MR) is 80.8 cm³/mol. The van der Waals surface area contributed by atoms with Crippen molar-refractivity contribution in [1.29, 1.82) is 0 Å². The molecular weight excluding hydrogens is 252 g/mol. The van der Waals surface area contributed by atoms with E-state index in [0.29, 0.717) is 25.3 Å². The van der Waals surface area contributed by atoms with Crippen LogP contribution in [0.1, 0.15) is 26.7 Å². The van der Waals surface area contributed by atoms with Crippen LogP contribution in [0.4, 0.5) is 5.69 Å². The minimum Gasteiger partial charge on any atom is -0.486 e. The number of benzene rings is 1. The van der Waals surface area contributed by atoms with Gasteiger partial charge in [-0.1, -0.05) is 0 Å². The highest BCUT2D eigenvalue weighted by Crippen LogP contribution is 2.33. The van der Waals surface area contributed by atoms with Crippen molar-refractivity contribution in [2.24, 2.45) is 0 Å². The average molecular weight is 276 g/mol. The summed E-state index contributed by atoms with van der Waals surface area (Å²) in [6.07, 6.45) is 2.40. The number of nitrogens with one attached hydrogen (secondary N) is 1.